The summed E-state index contributed by atoms with van der Waals surface area (Å²) < 4.78 is 2.19. The van der Waals surface area contributed by atoms with Crippen LogP contribution in [0, 0.1) is 18.3 Å². The number of rotatable bonds is 5. The Morgan fingerprint density at radius 3 is 2.26 bits per heavy atom. The van der Waals surface area contributed by atoms with E-state index in [0.717, 1.165) is 37.6 Å². The van der Waals surface area contributed by atoms with E-state index in [4.69, 9.17) is 12.2 Å². The number of amides is 1. The summed E-state index contributed by atoms with van der Waals surface area (Å²) in [5.41, 5.74) is 2.34. The van der Waals surface area contributed by atoms with Gasteiger partial charge in [0.15, 0.2) is 0 Å². The lowest BCUT2D eigenvalue weighted by Gasteiger charge is -2.39. The number of benzene rings is 1. The van der Waals surface area contributed by atoms with Crippen LogP contribution in [0.25, 0.3) is 6.08 Å². The van der Waals surface area contributed by atoms with Crippen molar-refractivity contribution >= 4 is 51.8 Å². The largest absolute Gasteiger partial charge is 0.368 e. The van der Waals surface area contributed by atoms with Crippen molar-refractivity contribution in [3.63, 3.8) is 0 Å². The van der Waals surface area contributed by atoms with E-state index in [9.17, 15) is 14.9 Å². The van der Waals surface area contributed by atoms with Crippen LogP contribution in [0.1, 0.15) is 30.5 Å². The zero-order chi connectivity index (χ0) is 24.4. The number of thiocarbonyl (C=S) groups is 1. The van der Waals surface area contributed by atoms with Gasteiger partial charge in [0.2, 0.25) is 0 Å². The van der Waals surface area contributed by atoms with Gasteiger partial charge in [-0.15, -0.1) is 0 Å². The van der Waals surface area contributed by atoms with Crippen LogP contribution in [0.4, 0.5) is 11.5 Å². The summed E-state index contributed by atoms with van der Waals surface area (Å²) in [6, 6.07) is 12.4. The molecule has 2 aliphatic rings. The van der Waals surface area contributed by atoms with Crippen molar-refractivity contribution < 1.29 is 4.79 Å². The minimum atomic E-state index is -0.291. The molecule has 2 saturated heterocycles. The molecule has 2 fully saturated rings. The first kappa shape index (κ1) is 24.0. The number of carbonyl (C=O) groups is 1. The number of likely N-dealkylation sites (N-methyl/N-ethyl adjacent to an activating group) is 1. The predicted octanol–water partition coefficient (Wildman–Crippen LogP) is 3.60. The van der Waals surface area contributed by atoms with Crippen LogP contribution in [-0.4, -0.2) is 52.4 Å². The van der Waals surface area contributed by atoms with Gasteiger partial charge in [-0.25, -0.2) is 0 Å². The van der Waals surface area contributed by atoms with Crippen LogP contribution in [0.15, 0.2) is 40.0 Å². The minimum absolute atomic E-state index is 0.116. The van der Waals surface area contributed by atoms with Crippen LogP contribution in [-0.2, 0) is 11.3 Å². The molecule has 2 aliphatic heterocycles. The second-order valence-corrected chi connectivity index (χ2v) is 9.81. The zero-order valence-corrected chi connectivity index (χ0v) is 21.2. The molecule has 1 amide bonds. The molecule has 0 aliphatic carbocycles. The van der Waals surface area contributed by atoms with E-state index in [2.05, 4.69) is 28.0 Å². The molecule has 1 aromatic carbocycles. The summed E-state index contributed by atoms with van der Waals surface area (Å²) >= 11 is 6.65. The molecule has 34 heavy (non-hydrogen) atoms. The van der Waals surface area contributed by atoms with Crippen molar-refractivity contribution in [3.05, 3.63) is 62.3 Å². The Kier molecular flexibility index (Phi) is 7.10. The number of carbonyl (C=O) groups excluding carboxylic acids is 1. The van der Waals surface area contributed by atoms with Crippen molar-refractivity contribution in [1.82, 2.24) is 9.47 Å². The van der Waals surface area contributed by atoms with Gasteiger partial charge in [-0.3, -0.25) is 19.1 Å². The van der Waals surface area contributed by atoms with Crippen LogP contribution in [0.2, 0.25) is 0 Å². The first-order valence-electron chi connectivity index (χ1n) is 11.4. The lowest BCUT2D eigenvalue weighted by molar-refractivity contribution is -0.121. The Bertz CT molecular complexity index is 1250. The molecule has 0 bridgehead atoms. The SMILES string of the molecule is CCN1C(=O)C(=Cc2c(C)c(C#N)c(=O)n(CC)c2N2CCN(c3ccccc3)CC2)SC1=S. The average Bonchev–Trinajstić information content (AvgIpc) is 3.13. The van der Waals surface area contributed by atoms with E-state index in [-0.39, 0.29) is 17.0 Å². The molecular weight excluding hydrogens is 466 g/mol. The van der Waals surface area contributed by atoms with Crippen molar-refractivity contribution in [3.8, 4) is 6.07 Å². The number of hydrogen-bond acceptors (Lipinski definition) is 7. The van der Waals surface area contributed by atoms with Crippen LogP contribution < -0.4 is 15.4 Å². The Morgan fingerprint density at radius 2 is 1.71 bits per heavy atom. The summed E-state index contributed by atoms with van der Waals surface area (Å²) in [6.07, 6.45) is 1.82. The Morgan fingerprint density at radius 1 is 1.06 bits per heavy atom. The lowest BCUT2D eigenvalue weighted by Crippen LogP contribution is -2.48. The number of hydrogen-bond donors (Lipinski definition) is 0. The maximum atomic E-state index is 13.2. The summed E-state index contributed by atoms with van der Waals surface area (Å²) in [6.45, 7) is 9.56. The number of aromatic nitrogens is 1. The van der Waals surface area contributed by atoms with Gasteiger partial charge in [-0.05, 0) is 44.5 Å². The third-order valence-corrected chi connectivity index (χ3v) is 7.71. The number of pyridine rings is 1. The molecule has 1 aromatic heterocycles. The van der Waals surface area contributed by atoms with E-state index < -0.39 is 0 Å². The number of anilines is 2. The number of nitriles is 1. The van der Waals surface area contributed by atoms with E-state index in [0.29, 0.717) is 27.9 Å². The molecule has 7 nitrogen and oxygen atoms in total. The third kappa shape index (κ3) is 4.24. The Hall–Kier alpha value is -3.09. The molecule has 0 atom stereocenters. The maximum Gasteiger partial charge on any atom is 0.270 e. The highest BCUT2D eigenvalue weighted by Gasteiger charge is 2.32. The molecule has 4 rings (SSSR count). The molecule has 0 radical (unpaired) electrons. The van der Waals surface area contributed by atoms with E-state index in [1.807, 2.05) is 38.1 Å². The van der Waals surface area contributed by atoms with Gasteiger partial charge in [-0.1, -0.05) is 42.2 Å². The molecule has 0 spiro atoms. The standard InChI is InChI=1S/C25H27N5O2S2/c1-4-29-22(28-13-11-27(12-14-28)18-9-7-6-8-10-18)19(17(3)20(16-26)23(29)31)15-21-24(32)30(5-2)25(33)34-21/h6-10,15H,4-5,11-14H2,1-3H3. The van der Waals surface area contributed by atoms with E-state index in [1.165, 1.54) is 17.4 Å². The smallest absolute Gasteiger partial charge is 0.270 e. The van der Waals surface area contributed by atoms with Crippen molar-refractivity contribution in [2.45, 2.75) is 27.3 Å². The average molecular weight is 494 g/mol. The van der Waals surface area contributed by atoms with Gasteiger partial charge in [0.25, 0.3) is 11.5 Å². The fraction of sp³-hybridized carbons (Fsp3) is 0.360. The van der Waals surface area contributed by atoms with Crippen molar-refractivity contribution in [2.75, 3.05) is 42.5 Å². The molecular formula is C25H27N5O2S2. The topological polar surface area (TPSA) is 72.6 Å². The normalized spacial score (nSPS) is 17.6. The molecule has 9 heteroatoms. The fourth-order valence-electron chi connectivity index (χ4n) is 4.50. The minimum Gasteiger partial charge on any atom is -0.368 e. The second kappa shape index (κ2) is 10.0. The molecule has 176 valence electrons. The van der Waals surface area contributed by atoms with Gasteiger partial charge in [-0.2, -0.15) is 5.26 Å². The van der Waals surface area contributed by atoms with Crippen molar-refractivity contribution in [2.24, 2.45) is 0 Å². The monoisotopic (exact) mass is 493 g/mol. The first-order chi connectivity index (χ1) is 16.4. The molecule has 3 heterocycles. The summed E-state index contributed by atoms with van der Waals surface area (Å²) in [5.74, 6) is 0.628. The van der Waals surface area contributed by atoms with Crippen molar-refractivity contribution in [1.29, 1.82) is 5.26 Å². The van der Waals surface area contributed by atoms with Gasteiger partial charge in [0.1, 0.15) is 21.8 Å². The highest BCUT2D eigenvalue weighted by atomic mass is 32.2. The zero-order valence-electron chi connectivity index (χ0n) is 19.6. The summed E-state index contributed by atoms with van der Waals surface area (Å²) in [5, 5.41) is 9.74. The van der Waals surface area contributed by atoms with E-state index >= 15 is 0 Å². The first-order valence-corrected chi connectivity index (χ1v) is 12.6. The maximum absolute atomic E-state index is 13.2. The fourth-order valence-corrected chi connectivity index (χ4v) is 5.86. The lowest BCUT2D eigenvalue weighted by atomic mass is 10.0. The number of para-hydroxylation sites is 1. The number of thioether (sulfide) groups is 1. The van der Waals surface area contributed by atoms with Crippen LogP contribution >= 0.6 is 24.0 Å². The quantitative estimate of drug-likeness (QED) is 0.466. The summed E-state index contributed by atoms with van der Waals surface area (Å²) in [7, 11) is 0. The highest BCUT2D eigenvalue weighted by Crippen LogP contribution is 2.36. The van der Waals surface area contributed by atoms with E-state index in [1.54, 1.807) is 16.4 Å². The highest BCUT2D eigenvalue weighted by molar-refractivity contribution is 8.26. The third-order valence-electron chi connectivity index (χ3n) is 6.33. The van der Waals surface area contributed by atoms with Crippen LogP contribution in [0.5, 0.6) is 0 Å². The van der Waals surface area contributed by atoms with Gasteiger partial charge in [0.05, 0.1) is 4.91 Å². The summed E-state index contributed by atoms with van der Waals surface area (Å²) in [4.78, 5) is 32.7. The molecule has 2 aromatic rings. The van der Waals surface area contributed by atoms with Crippen LogP contribution in [0.3, 0.4) is 0 Å². The molecule has 0 unspecified atom stereocenters. The Balaban J connectivity index is 1.79. The van der Waals surface area contributed by atoms with Gasteiger partial charge in [0, 0.05) is 50.5 Å². The number of nitrogens with zero attached hydrogens (tertiary/aromatic N) is 5. The predicted molar refractivity (Wildman–Crippen MR) is 142 cm³/mol. The molecule has 0 N–H and O–H groups in total. The molecule has 0 saturated carbocycles. The van der Waals surface area contributed by atoms with Gasteiger partial charge >= 0.3 is 0 Å². The second-order valence-electron chi connectivity index (χ2n) is 8.13. The number of piperazine rings is 1. The Labute approximate surface area is 209 Å². The van der Waals surface area contributed by atoms with Gasteiger partial charge < -0.3 is 9.80 Å².